The number of nitrogen functional groups attached to an aromatic ring is 1. The fourth-order valence-corrected chi connectivity index (χ4v) is 2.22. The van der Waals surface area contributed by atoms with Gasteiger partial charge in [-0.3, -0.25) is 0 Å². The van der Waals surface area contributed by atoms with Gasteiger partial charge in [0.2, 0.25) is 0 Å². The van der Waals surface area contributed by atoms with E-state index in [-0.39, 0.29) is 11.5 Å². The van der Waals surface area contributed by atoms with E-state index in [1.807, 2.05) is 0 Å². The van der Waals surface area contributed by atoms with E-state index in [1.165, 1.54) is 6.07 Å². The van der Waals surface area contributed by atoms with Gasteiger partial charge in [-0.2, -0.15) is 16.7 Å². The molecule has 2 rings (SSSR count). The number of aromatic nitrogens is 2. The SMILES string of the molecule is CCCSCc1noc(-c2c(N)cccc2F)n1. The number of hydrogen-bond donors (Lipinski definition) is 1. The molecule has 0 aliphatic heterocycles. The van der Waals surface area contributed by atoms with Crippen LogP contribution in [0.15, 0.2) is 22.7 Å². The summed E-state index contributed by atoms with van der Waals surface area (Å²) in [6.07, 6.45) is 1.09. The van der Waals surface area contributed by atoms with Crippen molar-refractivity contribution in [3.63, 3.8) is 0 Å². The molecule has 18 heavy (non-hydrogen) atoms. The van der Waals surface area contributed by atoms with Crippen molar-refractivity contribution in [2.24, 2.45) is 0 Å². The molecule has 2 aromatic rings. The first-order valence-corrected chi connectivity index (χ1v) is 6.82. The zero-order valence-electron chi connectivity index (χ0n) is 10.0. The van der Waals surface area contributed by atoms with Gasteiger partial charge >= 0.3 is 0 Å². The molecule has 0 atom stereocenters. The monoisotopic (exact) mass is 267 g/mol. The van der Waals surface area contributed by atoms with E-state index >= 15 is 0 Å². The molecule has 2 N–H and O–H groups in total. The molecule has 0 aliphatic carbocycles. The highest BCUT2D eigenvalue weighted by molar-refractivity contribution is 7.98. The fraction of sp³-hybridized carbons (Fsp3) is 0.333. The lowest BCUT2D eigenvalue weighted by atomic mass is 10.1. The van der Waals surface area contributed by atoms with Crippen molar-refractivity contribution in [3.8, 4) is 11.5 Å². The van der Waals surface area contributed by atoms with Crippen LogP contribution >= 0.6 is 11.8 Å². The average Bonchev–Trinajstić information content (AvgIpc) is 2.78. The number of nitrogens with zero attached hydrogens (tertiary/aromatic N) is 2. The van der Waals surface area contributed by atoms with Crippen LogP contribution in [0.4, 0.5) is 10.1 Å². The largest absolute Gasteiger partial charge is 0.398 e. The predicted octanol–water partition coefficient (Wildman–Crippen LogP) is 3.10. The van der Waals surface area contributed by atoms with Gasteiger partial charge in [-0.25, -0.2) is 4.39 Å². The summed E-state index contributed by atoms with van der Waals surface area (Å²) in [7, 11) is 0. The summed E-state index contributed by atoms with van der Waals surface area (Å²) in [5.41, 5.74) is 6.19. The minimum absolute atomic E-state index is 0.137. The fourth-order valence-electron chi connectivity index (χ4n) is 1.49. The molecular weight excluding hydrogens is 253 g/mol. The van der Waals surface area contributed by atoms with Crippen LogP contribution in [0.1, 0.15) is 19.2 Å². The Balaban J connectivity index is 2.19. The molecule has 0 unspecified atom stereocenters. The van der Waals surface area contributed by atoms with Crippen LogP contribution < -0.4 is 5.73 Å². The van der Waals surface area contributed by atoms with Crippen molar-refractivity contribution in [2.45, 2.75) is 19.1 Å². The Labute approximate surface area is 109 Å². The van der Waals surface area contributed by atoms with Crippen LogP contribution in [0, 0.1) is 5.82 Å². The third-order valence-electron chi connectivity index (χ3n) is 2.31. The predicted molar refractivity (Wildman–Crippen MR) is 70.6 cm³/mol. The molecule has 1 aromatic carbocycles. The number of nitrogens with two attached hydrogens (primary N) is 1. The van der Waals surface area contributed by atoms with Gasteiger partial charge in [-0.1, -0.05) is 18.1 Å². The van der Waals surface area contributed by atoms with E-state index in [1.54, 1.807) is 23.9 Å². The summed E-state index contributed by atoms with van der Waals surface area (Å²) in [6.45, 7) is 2.11. The lowest BCUT2D eigenvalue weighted by Gasteiger charge is -2.00. The maximum absolute atomic E-state index is 13.6. The second-order valence-electron chi connectivity index (χ2n) is 3.77. The number of hydrogen-bond acceptors (Lipinski definition) is 5. The third-order valence-corrected chi connectivity index (χ3v) is 3.47. The van der Waals surface area contributed by atoms with E-state index in [2.05, 4.69) is 17.1 Å². The average molecular weight is 267 g/mol. The summed E-state index contributed by atoms with van der Waals surface area (Å²) >= 11 is 1.71. The molecule has 4 nitrogen and oxygen atoms in total. The summed E-state index contributed by atoms with van der Waals surface area (Å²) in [4.78, 5) is 4.16. The Morgan fingerprint density at radius 1 is 1.44 bits per heavy atom. The summed E-state index contributed by atoms with van der Waals surface area (Å²) in [5, 5.41) is 3.82. The molecule has 0 saturated carbocycles. The van der Waals surface area contributed by atoms with Crippen LogP contribution in [0.3, 0.4) is 0 Å². The third kappa shape index (κ3) is 2.81. The van der Waals surface area contributed by atoms with Gasteiger partial charge in [-0.05, 0) is 24.3 Å². The van der Waals surface area contributed by atoms with Crippen molar-refractivity contribution < 1.29 is 8.91 Å². The van der Waals surface area contributed by atoms with E-state index in [9.17, 15) is 4.39 Å². The molecular formula is C12H14FN3OS. The number of rotatable bonds is 5. The van der Waals surface area contributed by atoms with E-state index in [0.29, 0.717) is 17.3 Å². The van der Waals surface area contributed by atoms with Crippen molar-refractivity contribution >= 4 is 17.4 Å². The van der Waals surface area contributed by atoms with E-state index in [0.717, 1.165) is 12.2 Å². The van der Waals surface area contributed by atoms with Gasteiger partial charge in [0.25, 0.3) is 5.89 Å². The minimum Gasteiger partial charge on any atom is -0.398 e. The first kappa shape index (κ1) is 12.9. The molecule has 96 valence electrons. The topological polar surface area (TPSA) is 64.9 Å². The number of anilines is 1. The minimum atomic E-state index is -0.452. The zero-order valence-corrected chi connectivity index (χ0v) is 10.8. The summed E-state index contributed by atoms with van der Waals surface area (Å²) in [5.74, 6) is 1.94. The van der Waals surface area contributed by atoms with Crippen LogP contribution in [-0.4, -0.2) is 15.9 Å². The molecule has 1 aromatic heterocycles. The van der Waals surface area contributed by atoms with Gasteiger partial charge in [0, 0.05) is 5.69 Å². The lowest BCUT2D eigenvalue weighted by molar-refractivity contribution is 0.423. The van der Waals surface area contributed by atoms with Gasteiger partial charge in [0.05, 0.1) is 11.3 Å². The van der Waals surface area contributed by atoms with Crippen molar-refractivity contribution in [3.05, 3.63) is 29.8 Å². The van der Waals surface area contributed by atoms with Crippen LogP contribution in [-0.2, 0) is 5.75 Å². The number of thioether (sulfide) groups is 1. The zero-order chi connectivity index (χ0) is 13.0. The molecule has 0 saturated heterocycles. The number of benzene rings is 1. The van der Waals surface area contributed by atoms with Crippen molar-refractivity contribution in [1.29, 1.82) is 0 Å². The smallest absolute Gasteiger partial charge is 0.263 e. The highest BCUT2D eigenvalue weighted by Gasteiger charge is 2.16. The molecule has 6 heteroatoms. The maximum Gasteiger partial charge on any atom is 0.263 e. The Morgan fingerprint density at radius 3 is 3.00 bits per heavy atom. The van der Waals surface area contributed by atoms with Gasteiger partial charge < -0.3 is 10.3 Å². The molecule has 0 amide bonds. The second-order valence-corrected chi connectivity index (χ2v) is 4.88. The van der Waals surface area contributed by atoms with E-state index < -0.39 is 5.82 Å². The first-order valence-electron chi connectivity index (χ1n) is 5.67. The highest BCUT2D eigenvalue weighted by atomic mass is 32.2. The van der Waals surface area contributed by atoms with Gasteiger partial charge in [0.1, 0.15) is 5.82 Å². The molecule has 0 fully saturated rings. The van der Waals surface area contributed by atoms with Gasteiger partial charge in [-0.15, -0.1) is 0 Å². The Hall–Kier alpha value is -1.56. The first-order chi connectivity index (χ1) is 8.72. The van der Waals surface area contributed by atoms with Crippen LogP contribution in [0.25, 0.3) is 11.5 Å². The highest BCUT2D eigenvalue weighted by Crippen LogP contribution is 2.27. The summed E-state index contributed by atoms with van der Waals surface area (Å²) < 4.78 is 18.7. The molecule has 1 heterocycles. The van der Waals surface area contributed by atoms with Crippen molar-refractivity contribution in [2.75, 3.05) is 11.5 Å². The Bertz CT molecular complexity index is 510. The second kappa shape index (κ2) is 5.86. The van der Waals surface area contributed by atoms with Crippen LogP contribution in [0.2, 0.25) is 0 Å². The number of halogens is 1. The normalized spacial score (nSPS) is 10.8. The van der Waals surface area contributed by atoms with Crippen LogP contribution in [0.5, 0.6) is 0 Å². The maximum atomic E-state index is 13.6. The Morgan fingerprint density at radius 2 is 2.28 bits per heavy atom. The van der Waals surface area contributed by atoms with Gasteiger partial charge in [0.15, 0.2) is 5.82 Å². The molecule has 0 bridgehead atoms. The lowest BCUT2D eigenvalue weighted by Crippen LogP contribution is -1.93. The Kier molecular flexibility index (Phi) is 4.19. The molecule has 0 aliphatic rings. The molecule has 0 spiro atoms. The summed E-state index contributed by atoms with van der Waals surface area (Å²) in [6, 6.07) is 4.47. The standard InChI is InChI=1S/C12H14FN3OS/c1-2-6-18-7-10-15-12(17-16-10)11-8(13)4-3-5-9(11)14/h3-5H,2,6-7,14H2,1H3. The molecule has 0 radical (unpaired) electrons. The van der Waals surface area contributed by atoms with Crippen molar-refractivity contribution in [1.82, 2.24) is 10.1 Å². The quantitative estimate of drug-likeness (QED) is 0.666. The van der Waals surface area contributed by atoms with E-state index in [4.69, 9.17) is 10.3 Å².